The fourth-order valence-corrected chi connectivity index (χ4v) is 2.08. The van der Waals surface area contributed by atoms with E-state index in [4.69, 9.17) is 0 Å². The number of aromatic amines is 1. The predicted octanol–water partition coefficient (Wildman–Crippen LogP) is 1.59. The minimum Gasteiger partial charge on any atom is -0.355 e. The Hall–Kier alpha value is -1.48. The van der Waals surface area contributed by atoms with Crippen molar-refractivity contribution in [3.05, 3.63) is 30.3 Å². The van der Waals surface area contributed by atoms with Gasteiger partial charge in [-0.05, 0) is 12.1 Å². The number of fused-ring (bicyclic) bond motifs is 1. The van der Waals surface area contributed by atoms with Crippen molar-refractivity contribution in [3.63, 3.8) is 0 Å². The van der Waals surface area contributed by atoms with Crippen molar-refractivity contribution in [1.29, 1.82) is 0 Å². The fraction of sp³-hybridized carbons (Fsp3) is 0.333. The third-order valence-corrected chi connectivity index (χ3v) is 2.91. The highest BCUT2D eigenvalue weighted by molar-refractivity contribution is 5.83. The summed E-state index contributed by atoms with van der Waals surface area (Å²) in [6.07, 6.45) is 0. The van der Waals surface area contributed by atoms with Crippen LogP contribution in [0, 0.1) is 0 Å². The lowest BCUT2D eigenvalue weighted by Gasteiger charge is -2.26. The number of aromatic nitrogens is 1. The van der Waals surface area contributed by atoms with E-state index in [2.05, 4.69) is 45.5 Å². The van der Waals surface area contributed by atoms with Crippen molar-refractivity contribution in [2.45, 2.75) is 0 Å². The summed E-state index contributed by atoms with van der Waals surface area (Å²) in [5.41, 5.74) is 1.22. The molecule has 0 bridgehead atoms. The average Bonchev–Trinajstić information content (AvgIpc) is 2.74. The minimum absolute atomic E-state index is 0.954. The highest BCUT2D eigenvalue weighted by Gasteiger charge is 2.12. The molecule has 1 aromatic heterocycles. The summed E-state index contributed by atoms with van der Waals surface area (Å²) in [5.74, 6) is 1.23. The van der Waals surface area contributed by atoms with Gasteiger partial charge in [-0.1, -0.05) is 18.2 Å². The van der Waals surface area contributed by atoms with Crippen LogP contribution < -0.4 is 10.2 Å². The Morgan fingerprint density at radius 1 is 1.13 bits per heavy atom. The quantitative estimate of drug-likeness (QED) is 0.745. The Kier molecular flexibility index (Phi) is 2.10. The Bertz CT molecular complexity index is 422. The van der Waals surface area contributed by atoms with Gasteiger partial charge in [-0.25, -0.2) is 5.32 Å². The topological polar surface area (TPSA) is 33.1 Å². The van der Waals surface area contributed by atoms with Crippen LogP contribution in [0.15, 0.2) is 30.3 Å². The van der Waals surface area contributed by atoms with Crippen LogP contribution in [-0.2, 0) is 0 Å². The molecule has 2 aromatic rings. The molecule has 15 heavy (non-hydrogen) atoms. The third-order valence-electron chi connectivity index (χ3n) is 2.91. The zero-order valence-corrected chi connectivity index (χ0v) is 8.61. The van der Waals surface area contributed by atoms with E-state index in [9.17, 15) is 0 Å². The number of anilines is 1. The number of nitrogens with zero attached hydrogens (tertiary/aromatic N) is 2. The van der Waals surface area contributed by atoms with Crippen LogP contribution in [0.25, 0.3) is 10.9 Å². The van der Waals surface area contributed by atoms with Crippen molar-refractivity contribution in [1.82, 2.24) is 10.3 Å². The molecular weight excluding hydrogens is 186 g/mol. The number of hydrogen-bond donors (Lipinski definition) is 1. The van der Waals surface area contributed by atoms with Gasteiger partial charge < -0.3 is 9.88 Å². The van der Waals surface area contributed by atoms with Gasteiger partial charge in [-0.3, -0.25) is 0 Å². The maximum atomic E-state index is 4.35. The second-order valence-corrected chi connectivity index (χ2v) is 3.90. The van der Waals surface area contributed by atoms with Crippen LogP contribution in [0.1, 0.15) is 0 Å². The smallest absolute Gasteiger partial charge is 0.106 e. The van der Waals surface area contributed by atoms with Gasteiger partial charge in [0, 0.05) is 37.1 Å². The van der Waals surface area contributed by atoms with Gasteiger partial charge in [-0.15, -0.1) is 0 Å². The molecule has 0 atom stereocenters. The van der Waals surface area contributed by atoms with E-state index in [1.165, 1.54) is 16.7 Å². The lowest BCUT2D eigenvalue weighted by Crippen LogP contribution is -2.40. The van der Waals surface area contributed by atoms with Crippen LogP contribution in [0.2, 0.25) is 0 Å². The van der Waals surface area contributed by atoms with Crippen molar-refractivity contribution < 1.29 is 0 Å². The lowest BCUT2D eigenvalue weighted by atomic mass is 10.2. The summed E-state index contributed by atoms with van der Waals surface area (Å²) in [6.45, 7) is 3.98. The Balaban J connectivity index is 1.96. The molecule has 0 amide bonds. The third kappa shape index (κ3) is 1.59. The Morgan fingerprint density at radius 3 is 2.73 bits per heavy atom. The van der Waals surface area contributed by atoms with Crippen LogP contribution in [0.4, 0.5) is 5.82 Å². The Labute approximate surface area is 89.1 Å². The normalized spacial score (nSPS) is 17.2. The molecular formula is C12H14N3. The summed E-state index contributed by atoms with van der Waals surface area (Å²) in [4.78, 5) is 5.82. The van der Waals surface area contributed by atoms with E-state index in [0.29, 0.717) is 0 Å². The summed E-state index contributed by atoms with van der Waals surface area (Å²) in [5, 5.41) is 5.64. The maximum absolute atomic E-state index is 4.35. The number of para-hydroxylation sites is 1. The number of hydrogen-bond acceptors (Lipinski definition) is 1. The van der Waals surface area contributed by atoms with Crippen LogP contribution in [0.3, 0.4) is 0 Å². The van der Waals surface area contributed by atoms with Crippen LogP contribution in [0.5, 0.6) is 0 Å². The molecule has 0 saturated carbocycles. The van der Waals surface area contributed by atoms with Crippen molar-refractivity contribution in [2.24, 2.45) is 0 Å². The van der Waals surface area contributed by atoms with E-state index in [-0.39, 0.29) is 0 Å². The van der Waals surface area contributed by atoms with E-state index in [1.807, 2.05) is 0 Å². The van der Waals surface area contributed by atoms with Gasteiger partial charge in [0.1, 0.15) is 5.82 Å². The van der Waals surface area contributed by atoms with Crippen LogP contribution >= 0.6 is 0 Å². The average molecular weight is 200 g/mol. The molecule has 77 valence electrons. The number of benzene rings is 1. The van der Waals surface area contributed by atoms with E-state index >= 15 is 0 Å². The van der Waals surface area contributed by atoms with Gasteiger partial charge in [0.15, 0.2) is 0 Å². The summed E-state index contributed by atoms with van der Waals surface area (Å²) in [6, 6.07) is 10.6. The van der Waals surface area contributed by atoms with Gasteiger partial charge in [0.2, 0.25) is 0 Å². The molecule has 1 N–H and O–H groups in total. The second-order valence-electron chi connectivity index (χ2n) is 3.90. The second kappa shape index (κ2) is 3.59. The van der Waals surface area contributed by atoms with E-state index in [1.54, 1.807) is 0 Å². The number of H-pyrrole nitrogens is 1. The number of piperazine rings is 1. The molecule has 1 aromatic carbocycles. The molecule has 1 aliphatic heterocycles. The van der Waals surface area contributed by atoms with Crippen molar-refractivity contribution in [3.8, 4) is 0 Å². The molecule has 3 nitrogen and oxygen atoms in total. The predicted molar refractivity (Wildman–Crippen MR) is 62.4 cm³/mol. The molecule has 1 radical (unpaired) electrons. The summed E-state index contributed by atoms with van der Waals surface area (Å²) < 4.78 is 0. The molecule has 1 saturated heterocycles. The molecule has 0 spiro atoms. The summed E-state index contributed by atoms with van der Waals surface area (Å²) >= 11 is 0. The SMILES string of the molecule is c1ccc2[nH]c(N3CC[N]CC3)cc2c1. The molecule has 3 rings (SSSR count). The van der Waals surface area contributed by atoms with Gasteiger partial charge in [-0.2, -0.15) is 0 Å². The number of rotatable bonds is 1. The molecule has 2 heterocycles. The maximum Gasteiger partial charge on any atom is 0.106 e. The first-order valence-corrected chi connectivity index (χ1v) is 5.39. The van der Waals surface area contributed by atoms with E-state index < -0.39 is 0 Å². The minimum atomic E-state index is 0.954. The first kappa shape index (κ1) is 8.80. The highest BCUT2D eigenvalue weighted by atomic mass is 15.2. The first-order valence-electron chi connectivity index (χ1n) is 5.39. The Morgan fingerprint density at radius 2 is 1.93 bits per heavy atom. The van der Waals surface area contributed by atoms with Gasteiger partial charge >= 0.3 is 0 Å². The number of nitrogens with one attached hydrogen (secondary N) is 1. The molecule has 1 aliphatic rings. The zero-order chi connectivity index (χ0) is 10.1. The monoisotopic (exact) mass is 200 g/mol. The fourth-order valence-electron chi connectivity index (χ4n) is 2.08. The standard InChI is InChI=1S/C12H14N3/c1-2-4-11-10(3-1)9-12(14-11)15-7-5-13-6-8-15/h1-4,9,14H,5-8H2. The highest BCUT2D eigenvalue weighted by Crippen LogP contribution is 2.21. The van der Waals surface area contributed by atoms with E-state index in [0.717, 1.165) is 26.2 Å². The largest absolute Gasteiger partial charge is 0.355 e. The molecule has 0 unspecified atom stereocenters. The molecule has 3 heteroatoms. The van der Waals surface area contributed by atoms with Crippen LogP contribution in [-0.4, -0.2) is 31.2 Å². The van der Waals surface area contributed by atoms with Crippen molar-refractivity contribution in [2.75, 3.05) is 31.1 Å². The van der Waals surface area contributed by atoms with Gasteiger partial charge in [0.25, 0.3) is 0 Å². The molecule has 0 aliphatic carbocycles. The zero-order valence-electron chi connectivity index (χ0n) is 8.61. The first-order chi connectivity index (χ1) is 7.43. The van der Waals surface area contributed by atoms with Gasteiger partial charge in [0.05, 0.1) is 0 Å². The summed E-state index contributed by atoms with van der Waals surface area (Å²) in [7, 11) is 0. The molecule has 1 fully saturated rings. The lowest BCUT2D eigenvalue weighted by molar-refractivity contribution is 0.576. The van der Waals surface area contributed by atoms with Crippen molar-refractivity contribution >= 4 is 16.7 Å².